The summed E-state index contributed by atoms with van der Waals surface area (Å²) in [6, 6.07) is 10.4. The highest BCUT2D eigenvalue weighted by atomic mass is 35.5. The zero-order valence-corrected chi connectivity index (χ0v) is 25.1. The Morgan fingerprint density at radius 3 is 2.80 bits per heavy atom. The van der Waals surface area contributed by atoms with Crippen molar-refractivity contribution in [3.8, 4) is 5.75 Å². The summed E-state index contributed by atoms with van der Waals surface area (Å²) in [6.45, 7) is 4.03. The van der Waals surface area contributed by atoms with Gasteiger partial charge in [-0.05, 0) is 92.3 Å². The second kappa shape index (κ2) is 11.2. The van der Waals surface area contributed by atoms with Crippen LogP contribution < -0.4 is 19.7 Å². The van der Waals surface area contributed by atoms with Gasteiger partial charge in [0.1, 0.15) is 5.75 Å². The molecule has 41 heavy (non-hydrogen) atoms. The summed E-state index contributed by atoms with van der Waals surface area (Å²) in [5, 5.41) is 3.82. The van der Waals surface area contributed by atoms with E-state index in [1.807, 2.05) is 12.1 Å². The lowest BCUT2D eigenvalue weighted by Crippen LogP contribution is -2.49. The molecule has 0 unspecified atom stereocenters. The van der Waals surface area contributed by atoms with E-state index >= 15 is 0 Å². The van der Waals surface area contributed by atoms with Gasteiger partial charge in [-0.3, -0.25) is 4.79 Å². The second-order valence-electron chi connectivity index (χ2n) is 12.0. The maximum Gasteiger partial charge on any atom is 0.264 e. The van der Waals surface area contributed by atoms with Crippen molar-refractivity contribution in [1.82, 2.24) is 10.0 Å². The van der Waals surface area contributed by atoms with Crippen molar-refractivity contribution >= 4 is 33.2 Å². The van der Waals surface area contributed by atoms with Gasteiger partial charge < -0.3 is 19.7 Å². The van der Waals surface area contributed by atoms with E-state index in [2.05, 4.69) is 33.1 Å². The molecule has 1 saturated carbocycles. The number of carbonyl (C=O) groups excluding carboxylic acids is 1. The van der Waals surface area contributed by atoms with Gasteiger partial charge in [-0.1, -0.05) is 29.8 Å². The Morgan fingerprint density at radius 1 is 1.17 bits per heavy atom. The van der Waals surface area contributed by atoms with Gasteiger partial charge in [0.15, 0.2) is 0 Å². The van der Waals surface area contributed by atoms with Crippen molar-refractivity contribution in [2.75, 3.05) is 38.3 Å². The quantitative estimate of drug-likeness (QED) is 0.474. The number of hydrogen-bond acceptors (Lipinski definition) is 7. The summed E-state index contributed by atoms with van der Waals surface area (Å²) in [5.74, 6) is 0.772. The predicted octanol–water partition coefficient (Wildman–Crippen LogP) is 4.21. The number of benzene rings is 2. The maximum absolute atomic E-state index is 13.4. The normalized spacial score (nSPS) is 32.0. The minimum atomic E-state index is -4.09. The highest BCUT2D eigenvalue weighted by molar-refractivity contribution is 7.90. The Morgan fingerprint density at radius 2 is 2.02 bits per heavy atom. The first-order valence-corrected chi connectivity index (χ1v) is 16.4. The number of anilines is 1. The summed E-state index contributed by atoms with van der Waals surface area (Å²) in [7, 11) is -2.34. The Bertz CT molecular complexity index is 1460. The number of nitrogens with zero attached hydrogens (tertiary/aromatic N) is 1. The van der Waals surface area contributed by atoms with Crippen molar-refractivity contribution < 1.29 is 22.7 Å². The number of halogens is 1. The Balaban J connectivity index is 1.44. The lowest BCUT2D eigenvalue weighted by molar-refractivity contribution is -0.120. The maximum atomic E-state index is 13.4. The van der Waals surface area contributed by atoms with Gasteiger partial charge in [0.25, 0.3) is 15.9 Å². The summed E-state index contributed by atoms with van der Waals surface area (Å²) in [5.41, 5.74) is 3.00. The SMILES string of the molecule is CO[C@@H]1/C=C\CN[C@@H](C)C(=O)NS(=O)(=O)c2ccc3c(c2)N(C[C@@H]2CC[C@H]21)C[C@@]1(CCCc2cc(Cl)ccc21)CO3. The zero-order valence-electron chi connectivity index (χ0n) is 23.6. The number of sulfonamides is 1. The van der Waals surface area contributed by atoms with Gasteiger partial charge in [-0.25, -0.2) is 13.1 Å². The molecule has 1 spiro atoms. The predicted molar refractivity (Wildman–Crippen MR) is 159 cm³/mol. The van der Waals surface area contributed by atoms with Crippen molar-refractivity contribution in [2.24, 2.45) is 11.8 Å². The molecule has 0 radical (unpaired) electrons. The molecule has 10 heteroatoms. The minimum Gasteiger partial charge on any atom is -0.490 e. The average molecular weight is 600 g/mol. The van der Waals surface area contributed by atoms with Crippen LogP contribution in [0.1, 0.15) is 43.7 Å². The monoisotopic (exact) mass is 599 g/mol. The molecule has 2 aliphatic heterocycles. The standard InChI is InChI=1S/C31H38ClN3O5S/c1-20-30(36)34-41(37,38)24-9-12-29-27(16-24)35(17-22-7-10-25(22)28(39-2)6-4-14-33-20)18-31(19-40-29)13-3-5-21-15-23(32)8-11-26(21)31/h4,6,8-9,11-12,15-16,20,22,25,28,33H,3,5,7,10,13-14,17-19H2,1-2H3,(H,34,36)/b6-4-/t20-,22-,25+,28+,31-/m0/s1. The molecule has 2 bridgehead atoms. The number of rotatable bonds is 1. The van der Waals surface area contributed by atoms with Gasteiger partial charge in [-0.2, -0.15) is 0 Å². The molecule has 2 heterocycles. The lowest BCUT2D eigenvalue weighted by atomic mass is 9.68. The minimum absolute atomic E-state index is 0.0338. The Kier molecular flexibility index (Phi) is 7.82. The first-order chi connectivity index (χ1) is 19.7. The average Bonchev–Trinajstić information content (AvgIpc) is 3.08. The molecule has 6 rings (SSSR count). The molecule has 1 amide bonds. The van der Waals surface area contributed by atoms with Crippen LogP contribution in [0.2, 0.25) is 5.02 Å². The van der Waals surface area contributed by atoms with E-state index in [1.165, 1.54) is 17.2 Å². The largest absolute Gasteiger partial charge is 0.490 e. The zero-order chi connectivity index (χ0) is 28.8. The fourth-order valence-corrected chi connectivity index (χ4v) is 8.28. The van der Waals surface area contributed by atoms with Crippen molar-refractivity contribution in [1.29, 1.82) is 0 Å². The smallest absolute Gasteiger partial charge is 0.264 e. The van der Waals surface area contributed by atoms with Crippen LogP contribution in [0.4, 0.5) is 5.69 Å². The van der Waals surface area contributed by atoms with Gasteiger partial charge >= 0.3 is 0 Å². The van der Waals surface area contributed by atoms with E-state index in [4.69, 9.17) is 21.1 Å². The number of nitrogens with one attached hydrogen (secondary N) is 2. The van der Waals surface area contributed by atoms with Gasteiger partial charge in [-0.15, -0.1) is 0 Å². The molecule has 220 valence electrons. The highest BCUT2D eigenvalue weighted by Crippen LogP contribution is 2.47. The molecular weight excluding hydrogens is 562 g/mol. The molecule has 8 nitrogen and oxygen atoms in total. The topological polar surface area (TPSA) is 97.0 Å². The highest BCUT2D eigenvalue weighted by Gasteiger charge is 2.44. The third-order valence-electron chi connectivity index (χ3n) is 9.44. The van der Waals surface area contributed by atoms with E-state index in [0.29, 0.717) is 37.3 Å². The third kappa shape index (κ3) is 5.49. The number of ether oxygens (including phenoxy) is 2. The molecule has 2 aromatic carbocycles. The summed E-state index contributed by atoms with van der Waals surface area (Å²) < 4.78 is 41.4. The molecule has 2 aromatic rings. The molecule has 1 fully saturated rings. The lowest BCUT2D eigenvalue weighted by Gasteiger charge is -2.46. The second-order valence-corrected chi connectivity index (χ2v) is 14.1. The van der Waals surface area contributed by atoms with Crippen LogP contribution >= 0.6 is 11.6 Å². The van der Waals surface area contributed by atoms with Gasteiger partial charge in [0.2, 0.25) is 0 Å². The molecule has 5 atom stereocenters. The fourth-order valence-electron chi connectivity index (χ4n) is 7.01. The third-order valence-corrected chi connectivity index (χ3v) is 11.0. The number of fused-ring (bicyclic) bond motifs is 4. The van der Waals surface area contributed by atoms with Crippen LogP contribution in [-0.4, -0.2) is 59.8 Å². The van der Waals surface area contributed by atoms with Crippen LogP contribution in [0.15, 0.2) is 53.4 Å². The Hall–Kier alpha value is -2.59. The molecule has 0 aromatic heterocycles. The number of hydrogen-bond donors (Lipinski definition) is 2. The van der Waals surface area contributed by atoms with Crippen LogP contribution in [0, 0.1) is 11.8 Å². The van der Waals surface area contributed by atoms with Crippen LogP contribution in [0.3, 0.4) is 0 Å². The fraction of sp³-hybridized carbons (Fsp3) is 0.516. The number of aryl methyl sites for hydroxylation is 1. The first-order valence-electron chi connectivity index (χ1n) is 14.5. The molecule has 4 aliphatic rings. The molecule has 2 N–H and O–H groups in total. The molecule has 2 aliphatic carbocycles. The van der Waals surface area contributed by atoms with E-state index < -0.39 is 22.0 Å². The van der Waals surface area contributed by atoms with E-state index in [-0.39, 0.29) is 16.4 Å². The van der Waals surface area contributed by atoms with E-state index in [9.17, 15) is 13.2 Å². The van der Waals surface area contributed by atoms with Crippen molar-refractivity contribution in [2.45, 2.75) is 61.5 Å². The van der Waals surface area contributed by atoms with E-state index in [0.717, 1.165) is 49.4 Å². The van der Waals surface area contributed by atoms with Crippen molar-refractivity contribution in [3.63, 3.8) is 0 Å². The Labute approximate surface area is 247 Å². The van der Waals surface area contributed by atoms with Crippen LogP contribution in [-0.2, 0) is 31.4 Å². The van der Waals surface area contributed by atoms with Gasteiger partial charge in [0.05, 0.1) is 29.3 Å². The first kappa shape index (κ1) is 28.5. The van der Waals surface area contributed by atoms with Crippen LogP contribution in [0.25, 0.3) is 0 Å². The van der Waals surface area contributed by atoms with Gasteiger partial charge in [0, 0.05) is 37.2 Å². The van der Waals surface area contributed by atoms with E-state index in [1.54, 1.807) is 26.2 Å². The number of amides is 1. The van der Waals surface area contributed by atoms with Crippen LogP contribution in [0.5, 0.6) is 5.75 Å². The molecular formula is C31H38ClN3O5S. The van der Waals surface area contributed by atoms with Crippen molar-refractivity contribution in [3.05, 3.63) is 64.7 Å². The summed E-state index contributed by atoms with van der Waals surface area (Å²) in [6.07, 6.45) is 9.12. The number of methoxy groups -OCH3 is 1. The molecule has 0 saturated heterocycles. The summed E-state index contributed by atoms with van der Waals surface area (Å²) >= 11 is 6.39. The number of carbonyl (C=O) groups is 1. The summed E-state index contributed by atoms with van der Waals surface area (Å²) in [4.78, 5) is 15.2.